The molecule has 3 rings (SSSR count). The number of anilines is 1. The van der Waals surface area contributed by atoms with Crippen molar-refractivity contribution in [2.45, 2.75) is 26.7 Å². The largest absolute Gasteiger partial charge is 0.477 e. The second-order valence-corrected chi connectivity index (χ2v) is 5.87. The molecule has 5 heteroatoms. The lowest BCUT2D eigenvalue weighted by atomic mass is 10.0. The highest BCUT2D eigenvalue weighted by atomic mass is 16.5. The van der Waals surface area contributed by atoms with Crippen molar-refractivity contribution in [2.24, 2.45) is 0 Å². The van der Waals surface area contributed by atoms with E-state index in [1.807, 2.05) is 42.5 Å². The number of hydrogen-bond donors (Lipinski definition) is 1. The third-order valence-electron chi connectivity index (χ3n) is 3.87. The van der Waals surface area contributed by atoms with E-state index in [1.165, 1.54) is 13.3 Å². The first-order chi connectivity index (χ1) is 12.2. The third-order valence-corrected chi connectivity index (χ3v) is 3.87. The molecular formula is C20H21N3O2. The van der Waals surface area contributed by atoms with Gasteiger partial charge < -0.3 is 10.1 Å². The topological polar surface area (TPSA) is 64.1 Å². The van der Waals surface area contributed by atoms with E-state index in [0.717, 1.165) is 40.6 Å². The van der Waals surface area contributed by atoms with Gasteiger partial charge >= 0.3 is 0 Å². The van der Waals surface area contributed by atoms with Gasteiger partial charge in [-0.25, -0.2) is 9.97 Å². The van der Waals surface area contributed by atoms with E-state index in [0.29, 0.717) is 12.5 Å². The standard InChI is InChI=1S/C20H21N3O2/c1-3-4-11-25-20-18-12-16(7-10-19(18)21-13-22-20)15-5-8-17(9-6-15)23-14(2)24/h5-10,12-13H,3-4,11H2,1-2H3,(H,23,24). The van der Waals surface area contributed by atoms with Crippen molar-refractivity contribution >= 4 is 22.5 Å². The maximum atomic E-state index is 11.1. The molecule has 128 valence electrons. The minimum absolute atomic E-state index is 0.0792. The summed E-state index contributed by atoms with van der Waals surface area (Å²) in [7, 11) is 0. The van der Waals surface area contributed by atoms with Crippen molar-refractivity contribution in [3.8, 4) is 17.0 Å². The van der Waals surface area contributed by atoms with E-state index in [9.17, 15) is 4.79 Å². The van der Waals surface area contributed by atoms with Crippen LogP contribution >= 0.6 is 0 Å². The molecule has 0 fully saturated rings. The number of aromatic nitrogens is 2. The molecule has 0 atom stereocenters. The Balaban J connectivity index is 1.91. The molecule has 0 spiro atoms. The molecule has 1 aromatic heterocycles. The van der Waals surface area contributed by atoms with Crippen LogP contribution in [0.15, 0.2) is 48.8 Å². The van der Waals surface area contributed by atoms with Gasteiger partial charge in [-0.2, -0.15) is 0 Å². The molecule has 0 bridgehead atoms. The molecule has 0 aliphatic heterocycles. The van der Waals surface area contributed by atoms with Crippen LogP contribution in [0, 0.1) is 0 Å². The van der Waals surface area contributed by atoms with Crippen LogP contribution in [0.1, 0.15) is 26.7 Å². The minimum atomic E-state index is -0.0792. The number of carbonyl (C=O) groups is 1. The van der Waals surface area contributed by atoms with Gasteiger partial charge in [-0.3, -0.25) is 4.79 Å². The zero-order valence-electron chi connectivity index (χ0n) is 14.5. The fourth-order valence-corrected chi connectivity index (χ4v) is 2.59. The predicted octanol–water partition coefficient (Wildman–Crippen LogP) is 4.43. The summed E-state index contributed by atoms with van der Waals surface area (Å²) in [5, 5.41) is 3.68. The van der Waals surface area contributed by atoms with Crippen molar-refractivity contribution in [3.05, 3.63) is 48.8 Å². The SMILES string of the molecule is CCCCOc1ncnc2ccc(-c3ccc(NC(C)=O)cc3)cc12. The Morgan fingerprint density at radius 1 is 1.08 bits per heavy atom. The lowest BCUT2D eigenvalue weighted by Crippen LogP contribution is -2.05. The van der Waals surface area contributed by atoms with Gasteiger partial charge in [-0.15, -0.1) is 0 Å². The Morgan fingerprint density at radius 3 is 2.56 bits per heavy atom. The molecule has 1 amide bonds. The maximum absolute atomic E-state index is 11.1. The Kier molecular flexibility index (Phi) is 5.23. The lowest BCUT2D eigenvalue weighted by molar-refractivity contribution is -0.114. The Hall–Kier alpha value is -2.95. The number of carbonyl (C=O) groups excluding carboxylic acids is 1. The molecule has 0 saturated carbocycles. The summed E-state index contributed by atoms with van der Waals surface area (Å²) in [4.78, 5) is 19.7. The van der Waals surface area contributed by atoms with Gasteiger partial charge in [0.25, 0.3) is 0 Å². The van der Waals surface area contributed by atoms with Crippen molar-refractivity contribution in [2.75, 3.05) is 11.9 Å². The Labute approximate surface area is 147 Å². The summed E-state index contributed by atoms with van der Waals surface area (Å²) in [5.41, 5.74) is 3.75. The fraction of sp³-hybridized carbons (Fsp3) is 0.250. The molecule has 3 aromatic rings. The average Bonchev–Trinajstić information content (AvgIpc) is 2.62. The van der Waals surface area contributed by atoms with Gasteiger partial charge in [0, 0.05) is 12.6 Å². The van der Waals surface area contributed by atoms with E-state index in [1.54, 1.807) is 0 Å². The minimum Gasteiger partial charge on any atom is -0.477 e. The van der Waals surface area contributed by atoms with Crippen molar-refractivity contribution in [3.63, 3.8) is 0 Å². The molecule has 5 nitrogen and oxygen atoms in total. The summed E-state index contributed by atoms with van der Waals surface area (Å²) >= 11 is 0. The van der Waals surface area contributed by atoms with Crippen molar-refractivity contribution in [1.29, 1.82) is 0 Å². The molecule has 0 radical (unpaired) electrons. The number of benzene rings is 2. The van der Waals surface area contributed by atoms with Crippen LogP contribution in [0.3, 0.4) is 0 Å². The second-order valence-electron chi connectivity index (χ2n) is 5.87. The molecule has 0 aliphatic carbocycles. The quantitative estimate of drug-likeness (QED) is 0.677. The normalized spacial score (nSPS) is 10.6. The van der Waals surface area contributed by atoms with Gasteiger partial charge in [0.05, 0.1) is 17.5 Å². The summed E-state index contributed by atoms with van der Waals surface area (Å²) < 4.78 is 5.81. The van der Waals surface area contributed by atoms with Crippen molar-refractivity contribution < 1.29 is 9.53 Å². The monoisotopic (exact) mass is 335 g/mol. The van der Waals surface area contributed by atoms with Crippen molar-refractivity contribution in [1.82, 2.24) is 9.97 Å². The summed E-state index contributed by atoms with van der Waals surface area (Å²) in [6.07, 6.45) is 3.61. The van der Waals surface area contributed by atoms with Gasteiger partial charge in [0.1, 0.15) is 6.33 Å². The second kappa shape index (κ2) is 7.75. The highest BCUT2D eigenvalue weighted by Crippen LogP contribution is 2.28. The van der Waals surface area contributed by atoms with Gasteiger partial charge in [0.15, 0.2) is 0 Å². The van der Waals surface area contributed by atoms with Gasteiger partial charge in [0.2, 0.25) is 11.8 Å². The molecule has 0 saturated heterocycles. The van der Waals surface area contributed by atoms with Gasteiger partial charge in [-0.05, 0) is 41.8 Å². The summed E-state index contributed by atoms with van der Waals surface area (Å²) in [6, 6.07) is 13.8. The van der Waals surface area contributed by atoms with Crippen LogP contribution < -0.4 is 10.1 Å². The molecular weight excluding hydrogens is 314 g/mol. The summed E-state index contributed by atoms with van der Waals surface area (Å²) in [5.74, 6) is 0.541. The Morgan fingerprint density at radius 2 is 1.84 bits per heavy atom. The first kappa shape index (κ1) is 16.9. The molecule has 0 unspecified atom stereocenters. The van der Waals surface area contributed by atoms with Crippen LogP contribution in [0.5, 0.6) is 5.88 Å². The van der Waals surface area contributed by atoms with E-state index in [2.05, 4.69) is 22.2 Å². The maximum Gasteiger partial charge on any atom is 0.224 e. The highest BCUT2D eigenvalue weighted by Gasteiger charge is 2.07. The number of unbranched alkanes of at least 4 members (excludes halogenated alkanes) is 1. The Bertz CT molecular complexity index is 876. The smallest absolute Gasteiger partial charge is 0.224 e. The van der Waals surface area contributed by atoms with E-state index < -0.39 is 0 Å². The number of nitrogens with zero attached hydrogens (tertiary/aromatic N) is 2. The van der Waals surface area contributed by atoms with Crippen LogP contribution in [-0.4, -0.2) is 22.5 Å². The van der Waals surface area contributed by atoms with Crippen LogP contribution in [0.25, 0.3) is 22.0 Å². The first-order valence-electron chi connectivity index (χ1n) is 8.43. The molecule has 2 aromatic carbocycles. The molecule has 1 heterocycles. The summed E-state index contributed by atoms with van der Waals surface area (Å²) in [6.45, 7) is 4.28. The molecule has 1 N–H and O–H groups in total. The number of rotatable bonds is 6. The lowest BCUT2D eigenvalue weighted by Gasteiger charge is -2.09. The third kappa shape index (κ3) is 4.12. The first-order valence-corrected chi connectivity index (χ1v) is 8.43. The van der Waals surface area contributed by atoms with E-state index in [4.69, 9.17) is 4.74 Å². The average molecular weight is 335 g/mol. The number of nitrogens with one attached hydrogen (secondary N) is 1. The number of amides is 1. The van der Waals surface area contributed by atoms with Gasteiger partial charge in [-0.1, -0.05) is 31.5 Å². The van der Waals surface area contributed by atoms with E-state index in [-0.39, 0.29) is 5.91 Å². The van der Waals surface area contributed by atoms with Crippen LogP contribution in [0.4, 0.5) is 5.69 Å². The highest BCUT2D eigenvalue weighted by molar-refractivity contribution is 5.90. The van der Waals surface area contributed by atoms with Crippen LogP contribution in [0.2, 0.25) is 0 Å². The zero-order chi connectivity index (χ0) is 17.6. The number of hydrogen-bond acceptors (Lipinski definition) is 4. The zero-order valence-corrected chi connectivity index (χ0v) is 14.5. The predicted molar refractivity (Wildman–Crippen MR) is 99.7 cm³/mol. The molecule has 0 aliphatic rings. The number of ether oxygens (including phenoxy) is 1. The fourth-order valence-electron chi connectivity index (χ4n) is 2.59. The number of fused-ring (bicyclic) bond motifs is 1. The van der Waals surface area contributed by atoms with E-state index >= 15 is 0 Å². The van der Waals surface area contributed by atoms with Crippen LogP contribution in [-0.2, 0) is 4.79 Å². The molecule has 25 heavy (non-hydrogen) atoms.